The van der Waals surface area contributed by atoms with Crippen molar-refractivity contribution in [3.63, 3.8) is 0 Å². The van der Waals surface area contributed by atoms with Gasteiger partial charge in [-0.25, -0.2) is 0 Å². The fourth-order valence-electron chi connectivity index (χ4n) is 2.57. The standard InChI is InChI=1S/C15H20N2O4S/c18-13(3-6-16-15(21)12-2-1-9-22-12)17-7-4-11(5-8-17)10-14(19)20/h1-2,9,11H,3-8,10H2,(H,16,21)(H,19,20). The second-order valence-corrected chi connectivity index (χ2v) is 6.35. The van der Waals surface area contributed by atoms with E-state index in [-0.39, 0.29) is 30.6 Å². The number of nitrogens with zero attached hydrogens (tertiary/aromatic N) is 1. The van der Waals surface area contributed by atoms with Crippen LogP contribution in [-0.4, -0.2) is 47.4 Å². The molecule has 22 heavy (non-hydrogen) atoms. The summed E-state index contributed by atoms with van der Waals surface area (Å²) >= 11 is 1.37. The first-order valence-electron chi connectivity index (χ1n) is 7.37. The molecule has 1 fully saturated rings. The van der Waals surface area contributed by atoms with Crippen LogP contribution in [0.4, 0.5) is 0 Å². The Morgan fingerprint density at radius 3 is 2.64 bits per heavy atom. The molecule has 1 saturated heterocycles. The average molecular weight is 324 g/mol. The molecule has 0 aliphatic carbocycles. The molecule has 1 aromatic rings. The Kier molecular flexibility index (Phi) is 5.94. The molecular formula is C15H20N2O4S. The maximum absolute atomic E-state index is 12.1. The summed E-state index contributed by atoms with van der Waals surface area (Å²) in [5.41, 5.74) is 0. The van der Waals surface area contributed by atoms with Gasteiger partial charge in [0.15, 0.2) is 0 Å². The average Bonchev–Trinajstić information content (AvgIpc) is 3.01. The number of carbonyl (C=O) groups is 3. The van der Waals surface area contributed by atoms with Crippen LogP contribution in [0.3, 0.4) is 0 Å². The Labute approximate surface area is 133 Å². The van der Waals surface area contributed by atoms with Gasteiger partial charge in [0.05, 0.1) is 4.88 Å². The Balaban J connectivity index is 1.66. The highest BCUT2D eigenvalue weighted by atomic mass is 32.1. The number of thiophene rings is 1. The molecule has 7 heteroatoms. The third-order valence-corrected chi connectivity index (χ3v) is 4.67. The van der Waals surface area contributed by atoms with Gasteiger partial charge in [-0.1, -0.05) is 6.07 Å². The summed E-state index contributed by atoms with van der Waals surface area (Å²) in [5, 5.41) is 13.3. The number of carboxylic acids is 1. The number of carbonyl (C=O) groups excluding carboxylic acids is 2. The molecule has 2 N–H and O–H groups in total. The van der Waals surface area contributed by atoms with Crippen LogP contribution in [0.2, 0.25) is 0 Å². The van der Waals surface area contributed by atoms with Gasteiger partial charge in [0, 0.05) is 32.5 Å². The van der Waals surface area contributed by atoms with Crippen molar-refractivity contribution in [1.29, 1.82) is 0 Å². The summed E-state index contributed by atoms with van der Waals surface area (Å²) in [7, 11) is 0. The monoisotopic (exact) mass is 324 g/mol. The quantitative estimate of drug-likeness (QED) is 0.832. The van der Waals surface area contributed by atoms with Crippen LogP contribution in [0.15, 0.2) is 17.5 Å². The Bertz CT molecular complexity index is 522. The molecule has 2 rings (SSSR count). The van der Waals surface area contributed by atoms with Crippen molar-refractivity contribution in [2.24, 2.45) is 5.92 Å². The molecule has 0 atom stereocenters. The first kappa shape index (κ1) is 16.5. The Morgan fingerprint density at radius 2 is 2.05 bits per heavy atom. The minimum Gasteiger partial charge on any atom is -0.481 e. The third-order valence-electron chi connectivity index (χ3n) is 3.80. The number of amides is 2. The predicted octanol–water partition coefficient (Wildman–Crippen LogP) is 1.58. The zero-order valence-corrected chi connectivity index (χ0v) is 13.1. The number of rotatable bonds is 6. The normalized spacial score (nSPS) is 15.5. The molecule has 0 unspecified atom stereocenters. The maximum Gasteiger partial charge on any atom is 0.303 e. The molecule has 0 radical (unpaired) electrons. The molecule has 2 heterocycles. The van der Waals surface area contributed by atoms with Crippen LogP contribution in [0.25, 0.3) is 0 Å². The molecule has 1 aromatic heterocycles. The largest absolute Gasteiger partial charge is 0.481 e. The molecular weight excluding hydrogens is 304 g/mol. The fourth-order valence-corrected chi connectivity index (χ4v) is 3.21. The first-order valence-corrected chi connectivity index (χ1v) is 8.25. The smallest absolute Gasteiger partial charge is 0.303 e. The van der Waals surface area contributed by atoms with Gasteiger partial charge in [-0.05, 0) is 30.2 Å². The van der Waals surface area contributed by atoms with Crippen LogP contribution >= 0.6 is 11.3 Å². The van der Waals surface area contributed by atoms with Crippen LogP contribution in [0.5, 0.6) is 0 Å². The topological polar surface area (TPSA) is 86.7 Å². The van der Waals surface area contributed by atoms with Crippen molar-refractivity contribution in [2.75, 3.05) is 19.6 Å². The van der Waals surface area contributed by atoms with Crippen molar-refractivity contribution in [2.45, 2.75) is 25.7 Å². The van der Waals surface area contributed by atoms with Crippen LogP contribution in [0, 0.1) is 5.92 Å². The molecule has 0 bridgehead atoms. The number of piperidine rings is 1. The van der Waals surface area contributed by atoms with Gasteiger partial charge < -0.3 is 15.3 Å². The second kappa shape index (κ2) is 7.93. The van der Waals surface area contributed by atoms with Gasteiger partial charge in [0.2, 0.25) is 5.91 Å². The van der Waals surface area contributed by atoms with E-state index in [1.165, 1.54) is 11.3 Å². The van der Waals surface area contributed by atoms with Crippen molar-refractivity contribution < 1.29 is 19.5 Å². The minimum atomic E-state index is -0.777. The summed E-state index contributed by atoms with van der Waals surface area (Å²) in [6, 6.07) is 3.56. The lowest BCUT2D eigenvalue weighted by Crippen LogP contribution is -2.40. The highest BCUT2D eigenvalue weighted by molar-refractivity contribution is 7.12. The third kappa shape index (κ3) is 4.84. The van der Waals surface area contributed by atoms with Gasteiger partial charge in [0.25, 0.3) is 5.91 Å². The molecule has 120 valence electrons. The van der Waals surface area contributed by atoms with E-state index in [2.05, 4.69) is 5.32 Å². The SMILES string of the molecule is O=C(O)CC1CCN(C(=O)CCNC(=O)c2cccs2)CC1. The molecule has 0 spiro atoms. The zero-order valence-electron chi connectivity index (χ0n) is 12.3. The number of carboxylic acid groups (broad SMARTS) is 1. The summed E-state index contributed by atoms with van der Waals surface area (Å²) in [6.45, 7) is 1.54. The molecule has 2 amide bonds. The van der Waals surface area contributed by atoms with Gasteiger partial charge in [0.1, 0.15) is 0 Å². The van der Waals surface area contributed by atoms with Crippen LogP contribution in [-0.2, 0) is 9.59 Å². The van der Waals surface area contributed by atoms with Crippen LogP contribution < -0.4 is 5.32 Å². The van der Waals surface area contributed by atoms with E-state index in [4.69, 9.17) is 5.11 Å². The molecule has 6 nitrogen and oxygen atoms in total. The lowest BCUT2D eigenvalue weighted by molar-refractivity contribution is -0.138. The number of hydrogen-bond donors (Lipinski definition) is 2. The summed E-state index contributed by atoms with van der Waals surface area (Å²) in [6.07, 6.45) is 1.93. The van der Waals surface area contributed by atoms with E-state index in [0.29, 0.717) is 24.5 Å². The van der Waals surface area contributed by atoms with Gasteiger partial charge in [-0.2, -0.15) is 0 Å². The van der Waals surface area contributed by atoms with E-state index in [1.807, 2.05) is 11.4 Å². The highest BCUT2D eigenvalue weighted by Gasteiger charge is 2.24. The van der Waals surface area contributed by atoms with Crippen LogP contribution in [0.1, 0.15) is 35.4 Å². The second-order valence-electron chi connectivity index (χ2n) is 5.41. The number of likely N-dealkylation sites (tertiary alicyclic amines) is 1. The summed E-state index contributed by atoms with van der Waals surface area (Å²) < 4.78 is 0. The highest BCUT2D eigenvalue weighted by Crippen LogP contribution is 2.20. The van der Waals surface area contributed by atoms with E-state index in [1.54, 1.807) is 11.0 Å². The zero-order chi connectivity index (χ0) is 15.9. The fraction of sp³-hybridized carbons (Fsp3) is 0.533. The van der Waals surface area contributed by atoms with Crippen molar-refractivity contribution >= 4 is 29.1 Å². The summed E-state index contributed by atoms with van der Waals surface area (Å²) in [4.78, 5) is 36.8. The van der Waals surface area contributed by atoms with E-state index < -0.39 is 5.97 Å². The predicted molar refractivity (Wildman–Crippen MR) is 82.8 cm³/mol. The molecule has 0 saturated carbocycles. The summed E-state index contributed by atoms with van der Waals surface area (Å²) in [5.74, 6) is -0.746. The number of aliphatic carboxylic acids is 1. The number of nitrogens with one attached hydrogen (secondary N) is 1. The van der Waals surface area contributed by atoms with E-state index in [9.17, 15) is 14.4 Å². The van der Waals surface area contributed by atoms with Gasteiger partial charge in [-0.3, -0.25) is 14.4 Å². The first-order chi connectivity index (χ1) is 10.6. The van der Waals surface area contributed by atoms with E-state index >= 15 is 0 Å². The van der Waals surface area contributed by atoms with Gasteiger partial charge in [-0.15, -0.1) is 11.3 Å². The lowest BCUT2D eigenvalue weighted by atomic mass is 9.93. The Morgan fingerprint density at radius 1 is 1.32 bits per heavy atom. The minimum absolute atomic E-state index is 0.0141. The lowest BCUT2D eigenvalue weighted by Gasteiger charge is -2.31. The molecule has 1 aliphatic rings. The maximum atomic E-state index is 12.1. The molecule has 0 aromatic carbocycles. The molecule has 1 aliphatic heterocycles. The van der Waals surface area contributed by atoms with Crippen molar-refractivity contribution in [3.05, 3.63) is 22.4 Å². The van der Waals surface area contributed by atoms with Crippen molar-refractivity contribution in [3.8, 4) is 0 Å². The van der Waals surface area contributed by atoms with Gasteiger partial charge >= 0.3 is 5.97 Å². The number of hydrogen-bond acceptors (Lipinski definition) is 4. The van der Waals surface area contributed by atoms with Crippen molar-refractivity contribution in [1.82, 2.24) is 10.2 Å². The Hall–Kier alpha value is -1.89. The van der Waals surface area contributed by atoms with E-state index in [0.717, 1.165) is 12.8 Å².